The Kier molecular flexibility index (Phi) is 1.48. The van der Waals surface area contributed by atoms with Gasteiger partial charge >= 0.3 is 0 Å². The van der Waals surface area contributed by atoms with E-state index in [1.165, 1.54) is 0 Å². The van der Waals surface area contributed by atoms with Gasteiger partial charge in [-0.3, -0.25) is 4.79 Å². The molecule has 0 aromatic rings. The Morgan fingerprint density at radius 2 is 2.36 bits per heavy atom. The minimum Gasteiger partial charge on any atom is -0.339 e. The zero-order valence-electron chi connectivity index (χ0n) is 6.62. The van der Waals surface area contributed by atoms with Crippen molar-refractivity contribution in [2.24, 2.45) is 5.92 Å². The van der Waals surface area contributed by atoms with Crippen molar-refractivity contribution in [1.82, 2.24) is 4.90 Å². The molecule has 2 atom stereocenters. The van der Waals surface area contributed by atoms with Gasteiger partial charge < -0.3 is 4.90 Å². The Balaban J connectivity index is 2.15. The van der Waals surface area contributed by atoms with Crippen LogP contribution in [0, 0.1) is 5.92 Å². The van der Waals surface area contributed by atoms with Crippen LogP contribution in [0.3, 0.4) is 0 Å². The molecule has 0 unspecified atom stereocenters. The third kappa shape index (κ3) is 0.889. The second kappa shape index (κ2) is 2.36. The first-order chi connectivity index (χ1) is 5.33. The molecule has 2 fully saturated rings. The van der Waals surface area contributed by atoms with Crippen LogP contribution in [-0.4, -0.2) is 23.4 Å². The number of carbonyl (C=O) groups excluding carboxylic acids is 1. The van der Waals surface area contributed by atoms with Crippen molar-refractivity contribution in [3.8, 4) is 0 Å². The third-order valence-corrected chi connectivity index (χ3v) is 2.87. The Bertz CT molecular complexity index is 200. The summed E-state index contributed by atoms with van der Waals surface area (Å²) < 4.78 is 0. The first kappa shape index (κ1) is 6.89. The van der Waals surface area contributed by atoms with Gasteiger partial charge in [-0.2, -0.15) is 0 Å². The van der Waals surface area contributed by atoms with Crippen LogP contribution in [0.25, 0.3) is 0 Å². The minimum absolute atomic E-state index is 0.347. The Morgan fingerprint density at radius 3 is 3.09 bits per heavy atom. The van der Waals surface area contributed by atoms with E-state index in [4.69, 9.17) is 0 Å². The standard InChI is InChI=1S/C9H13NO/c1-2-7-5-6-10-8(7)3-4-9(10)11/h2,7-8H,1,3-6H2/t7-,8-/m0/s1. The summed E-state index contributed by atoms with van der Waals surface area (Å²) in [7, 11) is 0. The lowest BCUT2D eigenvalue weighted by Gasteiger charge is -2.17. The fraction of sp³-hybridized carbons (Fsp3) is 0.667. The van der Waals surface area contributed by atoms with E-state index in [9.17, 15) is 4.79 Å². The minimum atomic E-state index is 0.347. The van der Waals surface area contributed by atoms with Gasteiger partial charge in [0.05, 0.1) is 0 Å². The molecule has 0 bridgehead atoms. The van der Waals surface area contributed by atoms with Crippen molar-refractivity contribution < 1.29 is 4.79 Å². The molecule has 2 nitrogen and oxygen atoms in total. The van der Waals surface area contributed by atoms with Crippen molar-refractivity contribution in [2.75, 3.05) is 6.54 Å². The Labute approximate surface area is 66.9 Å². The molecule has 2 saturated heterocycles. The van der Waals surface area contributed by atoms with E-state index in [2.05, 4.69) is 6.58 Å². The maximum absolute atomic E-state index is 11.2. The van der Waals surface area contributed by atoms with Crippen LogP contribution in [0.4, 0.5) is 0 Å². The lowest BCUT2D eigenvalue weighted by Crippen LogP contribution is -2.28. The normalized spacial score (nSPS) is 36.0. The largest absolute Gasteiger partial charge is 0.339 e. The Morgan fingerprint density at radius 1 is 1.55 bits per heavy atom. The van der Waals surface area contributed by atoms with Gasteiger partial charge in [0.2, 0.25) is 5.91 Å². The van der Waals surface area contributed by atoms with E-state index in [1.54, 1.807) is 0 Å². The highest BCUT2D eigenvalue weighted by molar-refractivity contribution is 5.79. The zero-order valence-corrected chi connectivity index (χ0v) is 6.62. The molecule has 0 aromatic carbocycles. The predicted octanol–water partition coefficient (Wildman–Crippen LogP) is 1.18. The molecule has 60 valence electrons. The quantitative estimate of drug-likeness (QED) is 0.515. The van der Waals surface area contributed by atoms with E-state index >= 15 is 0 Å². The highest BCUT2D eigenvalue weighted by Crippen LogP contribution is 2.33. The lowest BCUT2D eigenvalue weighted by atomic mass is 9.99. The molecule has 0 radical (unpaired) electrons. The summed E-state index contributed by atoms with van der Waals surface area (Å²) in [6.07, 6.45) is 4.94. The summed E-state index contributed by atoms with van der Waals surface area (Å²) in [5.74, 6) is 0.917. The first-order valence-corrected chi connectivity index (χ1v) is 4.25. The number of hydrogen-bond acceptors (Lipinski definition) is 1. The molecule has 0 saturated carbocycles. The molecule has 2 heteroatoms. The van der Waals surface area contributed by atoms with Gasteiger partial charge in [-0.05, 0) is 18.8 Å². The lowest BCUT2D eigenvalue weighted by molar-refractivity contribution is -0.127. The van der Waals surface area contributed by atoms with Gasteiger partial charge in [-0.1, -0.05) is 6.08 Å². The highest BCUT2D eigenvalue weighted by Gasteiger charge is 2.39. The smallest absolute Gasteiger partial charge is 0.222 e. The van der Waals surface area contributed by atoms with Crippen LogP contribution in [0.5, 0.6) is 0 Å². The van der Waals surface area contributed by atoms with Crippen molar-refractivity contribution in [3.63, 3.8) is 0 Å². The molecular weight excluding hydrogens is 138 g/mol. The summed E-state index contributed by atoms with van der Waals surface area (Å²) in [5.41, 5.74) is 0. The summed E-state index contributed by atoms with van der Waals surface area (Å²) >= 11 is 0. The first-order valence-electron chi connectivity index (χ1n) is 4.25. The van der Waals surface area contributed by atoms with E-state index in [1.807, 2.05) is 11.0 Å². The average molecular weight is 151 g/mol. The number of amides is 1. The van der Waals surface area contributed by atoms with Crippen LogP contribution in [0.2, 0.25) is 0 Å². The van der Waals surface area contributed by atoms with Crippen molar-refractivity contribution in [3.05, 3.63) is 12.7 Å². The second-order valence-corrected chi connectivity index (χ2v) is 3.38. The van der Waals surface area contributed by atoms with Gasteiger partial charge in [0.25, 0.3) is 0 Å². The average Bonchev–Trinajstić information content (AvgIpc) is 2.53. The number of carbonyl (C=O) groups is 1. The fourth-order valence-electron chi connectivity index (χ4n) is 2.25. The SMILES string of the molecule is C=C[C@H]1CCN2C(=O)CC[C@@H]12. The van der Waals surface area contributed by atoms with E-state index < -0.39 is 0 Å². The maximum Gasteiger partial charge on any atom is 0.222 e. The molecule has 0 spiro atoms. The zero-order chi connectivity index (χ0) is 7.84. The van der Waals surface area contributed by atoms with Gasteiger partial charge in [0.1, 0.15) is 0 Å². The fourth-order valence-corrected chi connectivity index (χ4v) is 2.25. The van der Waals surface area contributed by atoms with Crippen molar-refractivity contribution in [2.45, 2.75) is 25.3 Å². The Hall–Kier alpha value is -0.790. The van der Waals surface area contributed by atoms with Gasteiger partial charge in [0, 0.05) is 19.0 Å². The van der Waals surface area contributed by atoms with Crippen LogP contribution in [0.1, 0.15) is 19.3 Å². The molecular formula is C9H13NO. The van der Waals surface area contributed by atoms with Gasteiger partial charge in [-0.25, -0.2) is 0 Å². The van der Waals surface area contributed by atoms with E-state index in [0.29, 0.717) is 17.9 Å². The second-order valence-electron chi connectivity index (χ2n) is 3.38. The molecule has 2 aliphatic rings. The molecule has 0 aliphatic carbocycles. The molecule has 1 amide bonds. The topological polar surface area (TPSA) is 20.3 Å². The van der Waals surface area contributed by atoms with Crippen molar-refractivity contribution in [1.29, 1.82) is 0 Å². The molecule has 0 N–H and O–H groups in total. The van der Waals surface area contributed by atoms with Crippen LogP contribution in [0.15, 0.2) is 12.7 Å². The number of rotatable bonds is 1. The number of fused-ring (bicyclic) bond motifs is 1. The monoisotopic (exact) mass is 151 g/mol. The third-order valence-electron chi connectivity index (χ3n) is 2.87. The summed E-state index contributed by atoms with van der Waals surface area (Å²) in [6, 6.07) is 0.500. The molecule has 0 aromatic heterocycles. The van der Waals surface area contributed by atoms with Gasteiger partial charge in [0.15, 0.2) is 0 Å². The molecule has 11 heavy (non-hydrogen) atoms. The molecule has 2 aliphatic heterocycles. The highest BCUT2D eigenvalue weighted by atomic mass is 16.2. The molecule has 2 rings (SSSR count). The summed E-state index contributed by atoms with van der Waals surface area (Å²) in [4.78, 5) is 13.2. The van der Waals surface area contributed by atoms with E-state index in [0.717, 1.165) is 25.8 Å². The maximum atomic E-state index is 11.2. The summed E-state index contributed by atoms with van der Waals surface area (Å²) in [5, 5.41) is 0. The molecule has 2 heterocycles. The van der Waals surface area contributed by atoms with Crippen LogP contribution >= 0.6 is 0 Å². The van der Waals surface area contributed by atoms with Crippen LogP contribution in [-0.2, 0) is 4.79 Å². The predicted molar refractivity (Wildman–Crippen MR) is 43.0 cm³/mol. The van der Waals surface area contributed by atoms with Gasteiger partial charge in [-0.15, -0.1) is 6.58 Å². The summed E-state index contributed by atoms with van der Waals surface area (Å²) in [6.45, 7) is 4.75. The van der Waals surface area contributed by atoms with Crippen molar-refractivity contribution >= 4 is 5.91 Å². The number of hydrogen-bond donors (Lipinski definition) is 0. The number of nitrogens with zero attached hydrogens (tertiary/aromatic N) is 1. The van der Waals surface area contributed by atoms with E-state index in [-0.39, 0.29) is 0 Å². The van der Waals surface area contributed by atoms with Crippen LogP contribution < -0.4 is 0 Å².